The van der Waals surface area contributed by atoms with Gasteiger partial charge in [0.2, 0.25) is 0 Å². The summed E-state index contributed by atoms with van der Waals surface area (Å²) in [6.07, 6.45) is -2.29. The molecule has 0 saturated heterocycles. The number of aliphatic hydroxyl groups is 1. The van der Waals surface area contributed by atoms with Crippen LogP contribution >= 0.6 is 0 Å². The molecule has 0 saturated carbocycles. The molecule has 0 aromatic rings. The van der Waals surface area contributed by atoms with E-state index in [2.05, 4.69) is 0 Å². The molecule has 7 nitrogen and oxygen atoms in total. The summed E-state index contributed by atoms with van der Waals surface area (Å²) >= 11 is 0. The van der Waals surface area contributed by atoms with Crippen LogP contribution in [0.15, 0.2) is 0 Å². The van der Waals surface area contributed by atoms with E-state index < -0.39 is 36.4 Å². The molecule has 18 heavy (non-hydrogen) atoms. The molecule has 0 aliphatic carbocycles. The number of rotatable bonds is 5. The second kappa shape index (κ2) is 19.1. The first-order valence-electron chi connectivity index (χ1n) is 3.17. The molecule has 0 radical (unpaired) electrons. The van der Waals surface area contributed by atoms with Crippen LogP contribution in [0, 0.1) is 0 Å². The second-order valence-electron chi connectivity index (χ2n) is 2.48. The predicted octanol–water partition coefficient (Wildman–Crippen LogP) is -15.7. The Hall–Kier alpha value is 4.01. The molecule has 0 heterocycles. The third kappa shape index (κ3) is 18.1. The first-order valence-corrected chi connectivity index (χ1v) is 3.17. The van der Waals surface area contributed by atoms with Gasteiger partial charge in [0.15, 0.2) is 5.60 Å². The molecule has 0 rings (SSSR count). The van der Waals surface area contributed by atoms with Crippen LogP contribution in [0.3, 0.4) is 0 Å². The summed E-state index contributed by atoms with van der Waals surface area (Å²) in [5, 5.41) is 33.8. The van der Waals surface area contributed by atoms with Gasteiger partial charge in [0.05, 0.1) is 12.8 Å². The van der Waals surface area contributed by atoms with E-state index in [4.69, 9.17) is 20.4 Å². The Morgan fingerprint density at radius 1 is 0.833 bits per heavy atom. The van der Waals surface area contributed by atoms with Crippen molar-refractivity contribution in [2.75, 3.05) is 0 Å². The molecule has 0 bridgehead atoms. The molecular weight excluding hydrogens is 315 g/mol. The fourth-order valence-electron chi connectivity index (χ4n) is 0.714. The zero-order valence-electron chi connectivity index (χ0n) is 16.4. The fourth-order valence-corrected chi connectivity index (χ4v) is 0.714. The molecule has 0 aliphatic rings. The maximum atomic E-state index is 10.3. The monoisotopic (exact) mass is 328 g/mol. The van der Waals surface area contributed by atoms with Crippen molar-refractivity contribution < 1.29 is 212 Å². The van der Waals surface area contributed by atoms with Crippen LogP contribution in [0.25, 0.3) is 0 Å². The standard InChI is InChI=1S/C6H8O7.K.4Na.5H/c7-3(8)1-6(13,5(11)12)2-4(9)10;;;;;;;;;;/h13H,1-2H2,(H,7,8)(H,9,10)(H,11,12);;;;;;;;;;/q;5*+1;5*-1. The Bertz CT molecular complexity index is 264. The Morgan fingerprint density at radius 3 is 1.17 bits per heavy atom. The summed E-state index contributed by atoms with van der Waals surface area (Å²) in [6.45, 7) is 0. The van der Waals surface area contributed by atoms with Gasteiger partial charge < -0.3 is 27.6 Å². The topological polar surface area (TPSA) is 132 Å². The van der Waals surface area contributed by atoms with Gasteiger partial charge in [-0.3, -0.25) is 9.59 Å². The van der Waals surface area contributed by atoms with Crippen LogP contribution in [0.4, 0.5) is 0 Å². The smallest absolute Gasteiger partial charge is 1.00 e. The summed E-state index contributed by atoms with van der Waals surface area (Å²) in [5.74, 6) is -5.02. The van der Waals surface area contributed by atoms with Crippen molar-refractivity contribution in [2.24, 2.45) is 0 Å². The van der Waals surface area contributed by atoms with Gasteiger partial charge in [-0.15, -0.1) is 0 Å². The van der Waals surface area contributed by atoms with Gasteiger partial charge in [0, 0.05) is 0 Å². The normalized spacial score (nSPS) is 7.83. The molecule has 84 valence electrons. The first kappa shape index (κ1) is 37.9. The SMILES string of the molecule is O=C(O)CC(O)(CC(=O)O)C(=O)O.[H-].[H-].[H-].[H-].[H-].[K+].[Na+].[Na+].[Na+].[Na+]. The Labute approximate surface area is 242 Å². The van der Waals surface area contributed by atoms with Gasteiger partial charge in [-0.05, 0) is 0 Å². The minimum atomic E-state index is -2.74. The molecule has 0 unspecified atom stereocenters. The van der Waals surface area contributed by atoms with E-state index in [0.717, 1.165) is 0 Å². The molecule has 0 aromatic heterocycles. The van der Waals surface area contributed by atoms with Crippen LogP contribution in [-0.2, 0) is 14.4 Å². The molecule has 0 aromatic carbocycles. The van der Waals surface area contributed by atoms with Crippen LogP contribution in [0.2, 0.25) is 0 Å². The average Bonchev–Trinajstić information content (AvgIpc) is 1.82. The number of carboxylic acid groups (broad SMARTS) is 3. The summed E-state index contributed by atoms with van der Waals surface area (Å²) < 4.78 is 0. The Kier molecular flexibility index (Phi) is 40.1. The molecule has 12 heteroatoms. The number of aliphatic carboxylic acids is 3. The van der Waals surface area contributed by atoms with Gasteiger partial charge >= 0.3 is 188 Å². The van der Waals surface area contributed by atoms with E-state index in [0.29, 0.717) is 0 Å². The maximum absolute atomic E-state index is 10.3. The number of hydrogen-bond donors (Lipinski definition) is 4. The summed E-state index contributed by atoms with van der Waals surface area (Å²) in [5.41, 5.74) is -2.74. The van der Waals surface area contributed by atoms with Crippen LogP contribution in [0.5, 0.6) is 0 Å². The molecule has 0 amide bonds. The van der Waals surface area contributed by atoms with Crippen molar-refractivity contribution in [2.45, 2.75) is 18.4 Å². The summed E-state index contributed by atoms with van der Waals surface area (Å²) in [6, 6.07) is 0. The van der Waals surface area contributed by atoms with E-state index in [-0.39, 0.29) is 177 Å². The van der Waals surface area contributed by atoms with E-state index in [1.165, 1.54) is 0 Å². The first-order chi connectivity index (χ1) is 5.78. The van der Waals surface area contributed by atoms with Crippen molar-refractivity contribution in [1.82, 2.24) is 0 Å². The van der Waals surface area contributed by atoms with Crippen molar-refractivity contribution in [3.63, 3.8) is 0 Å². The minimum Gasteiger partial charge on any atom is -1.00 e. The van der Waals surface area contributed by atoms with Crippen molar-refractivity contribution in [3.05, 3.63) is 0 Å². The van der Waals surface area contributed by atoms with Crippen LogP contribution in [0.1, 0.15) is 20.0 Å². The number of hydrogen-bond acceptors (Lipinski definition) is 4. The molecular formula is C6H13KNa4O7. The predicted molar refractivity (Wildman–Crippen MR) is 42.7 cm³/mol. The third-order valence-corrected chi connectivity index (χ3v) is 1.29. The van der Waals surface area contributed by atoms with Crippen molar-refractivity contribution in [3.8, 4) is 0 Å². The molecule has 4 N–H and O–H groups in total. The summed E-state index contributed by atoms with van der Waals surface area (Å²) in [7, 11) is 0. The van der Waals surface area contributed by atoms with Gasteiger partial charge in [0.25, 0.3) is 0 Å². The molecule has 0 spiro atoms. The van der Waals surface area contributed by atoms with Crippen molar-refractivity contribution >= 4 is 17.9 Å². The minimum absolute atomic E-state index is 0. The zero-order chi connectivity index (χ0) is 10.6. The number of carbonyl (C=O) groups is 3. The Morgan fingerprint density at radius 2 is 1.06 bits per heavy atom. The van der Waals surface area contributed by atoms with Crippen molar-refractivity contribution in [1.29, 1.82) is 0 Å². The Balaban J connectivity index is -0.0000000160. The number of carboxylic acids is 3. The second-order valence-corrected chi connectivity index (χ2v) is 2.48. The third-order valence-electron chi connectivity index (χ3n) is 1.29. The largest absolute Gasteiger partial charge is 1.00 e. The average molecular weight is 328 g/mol. The van der Waals surface area contributed by atoms with Gasteiger partial charge in [-0.2, -0.15) is 0 Å². The quantitative estimate of drug-likeness (QED) is 0.368. The van der Waals surface area contributed by atoms with E-state index >= 15 is 0 Å². The van der Waals surface area contributed by atoms with Gasteiger partial charge in [0.1, 0.15) is 0 Å². The van der Waals surface area contributed by atoms with E-state index in [9.17, 15) is 14.4 Å². The molecule has 0 atom stereocenters. The van der Waals surface area contributed by atoms with Crippen LogP contribution < -0.4 is 170 Å². The molecule has 0 aliphatic heterocycles. The van der Waals surface area contributed by atoms with E-state index in [1.54, 1.807) is 0 Å². The summed E-state index contributed by atoms with van der Waals surface area (Å²) in [4.78, 5) is 30.5. The molecule has 0 fully saturated rings. The van der Waals surface area contributed by atoms with E-state index in [1.807, 2.05) is 0 Å². The fraction of sp³-hybridized carbons (Fsp3) is 0.500. The van der Waals surface area contributed by atoms with Crippen LogP contribution in [-0.4, -0.2) is 43.9 Å². The maximum Gasteiger partial charge on any atom is 1.00 e. The van der Waals surface area contributed by atoms with Gasteiger partial charge in [-0.25, -0.2) is 4.79 Å². The van der Waals surface area contributed by atoms with Gasteiger partial charge in [-0.1, -0.05) is 0 Å². The zero-order valence-corrected chi connectivity index (χ0v) is 22.6.